The number of rotatable bonds is 3. The molecular weight excluding hydrogens is 420 g/mol. The van der Waals surface area contributed by atoms with Crippen LogP contribution in [0, 0.1) is 0 Å². The van der Waals surface area contributed by atoms with E-state index in [9.17, 15) is 9.59 Å². The molecule has 0 fully saturated rings. The Balaban J connectivity index is 1.42. The summed E-state index contributed by atoms with van der Waals surface area (Å²) in [5.74, 6) is 0.680. The molecule has 3 heterocycles. The van der Waals surface area contributed by atoms with Gasteiger partial charge in [-0.25, -0.2) is 9.78 Å². The average molecular weight is 438 g/mol. The molecule has 1 N–H and O–H groups in total. The van der Waals surface area contributed by atoms with E-state index in [2.05, 4.69) is 5.32 Å². The van der Waals surface area contributed by atoms with E-state index >= 15 is 0 Å². The molecule has 6 rings (SSSR count). The van der Waals surface area contributed by atoms with Gasteiger partial charge in [0.05, 0.1) is 22.3 Å². The molecule has 0 unspecified atom stereocenters. The Bertz CT molecular complexity index is 1450. The molecule has 1 aromatic heterocycles. The van der Waals surface area contributed by atoms with E-state index in [1.807, 2.05) is 42.5 Å². The van der Waals surface area contributed by atoms with E-state index in [0.717, 1.165) is 10.9 Å². The minimum absolute atomic E-state index is 0.143. The van der Waals surface area contributed by atoms with Crippen molar-refractivity contribution in [3.05, 3.63) is 83.4 Å². The molecule has 3 aromatic carbocycles. The quantitative estimate of drug-likeness (QED) is 0.471. The number of hydrogen-bond donors (Lipinski definition) is 1. The summed E-state index contributed by atoms with van der Waals surface area (Å²) >= 11 is 0. The van der Waals surface area contributed by atoms with E-state index in [0.29, 0.717) is 58.3 Å². The Morgan fingerprint density at radius 3 is 2.64 bits per heavy atom. The van der Waals surface area contributed by atoms with Gasteiger partial charge in [0.15, 0.2) is 11.5 Å². The number of cyclic esters (lactones) is 1. The Kier molecular flexibility index (Phi) is 4.47. The minimum atomic E-state index is -0.378. The molecule has 33 heavy (non-hydrogen) atoms. The molecule has 0 spiro atoms. The Morgan fingerprint density at radius 1 is 0.879 bits per heavy atom. The van der Waals surface area contributed by atoms with Crippen molar-refractivity contribution in [3.63, 3.8) is 0 Å². The van der Waals surface area contributed by atoms with Crippen molar-refractivity contribution >= 4 is 28.5 Å². The second-order valence-electron chi connectivity index (χ2n) is 7.79. The third kappa shape index (κ3) is 3.34. The Morgan fingerprint density at radius 2 is 1.73 bits per heavy atom. The van der Waals surface area contributed by atoms with Gasteiger partial charge in [-0.3, -0.25) is 4.79 Å². The molecule has 4 aromatic rings. The number of carbonyl (C=O) groups excluding carboxylic acids is 2. The van der Waals surface area contributed by atoms with Crippen molar-refractivity contribution in [3.8, 4) is 22.8 Å². The lowest BCUT2D eigenvalue weighted by atomic mass is 10.0. The predicted molar refractivity (Wildman–Crippen MR) is 122 cm³/mol. The largest absolute Gasteiger partial charge is 0.486 e. The average Bonchev–Trinajstić information content (AvgIpc) is 3.24. The van der Waals surface area contributed by atoms with Crippen LogP contribution in [0.15, 0.2) is 66.7 Å². The number of carbonyl (C=O) groups is 2. The van der Waals surface area contributed by atoms with Crippen molar-refractivity contribution in [2.75, 3.05) is 18.5 Å². The standard InChI is InChI=1S/C26H18N2O5/c29-25(28-21-7-3-5-17-19(21)14-33-26(17)30)18-13-22(27-20-6-2-1-4-16(18)20)15-8-9-23-24(12-15)32-11-10-31-23/h1-9,12-13H,10-11,14H2,(H,28,29). The second kappa shape index (κ2) is 7.63. The molecule has 7 heteroatoms. The topological polar surface area (TPSA) is 86.8 Å². The highest BCUT2D eigenvalue weighted by atomic mass is 16.6. The van der Waals surface area contributed by atoms with Gasteiger partial charge in [-0.15, -0.1) is 0 Å². The summed E-state index contributed by atoms with van der Waals surface area (Å²) in [6.45, 7) is 1.15. The van der Waals surface area contributed by atoms with Crippen LogP contribution in [0.1, 0.15) is 26.3 Å². The molecule has 2 aliphatic rings. The lowest BCUT2D eigenvalue weighted by Crippen LogP contribution is -2.15. The summed E-state index contributed by atoms with van der Waals surface area (Å²) in [5, 5.41) is 3.69. The van der Waals surface area contributed by atoms with Gasteiger partial charge in [0.1, 0.15) is 19.8 Å². The summed E-state index contributed by atoms with van der Waals surface area (Å²) < 4.78 is 16.4. The van der Waals surface area contributed by atoms with Gasteiger partial charge in [0.2, 0.25) is 0 Å². The summed E-state index contributed by atoms with van der Waals surface area (Å²) in [7, 11) is 0. The number of fused-ring (bicyclic) bond motifs is 3. The van der Waals surface area contributed by atoms with Crippen molar-refractivity contribution < 1.29 is 23.8 Å². The highest BCUT2D eigenvalue weighted by Crippen LogP contribution is 2.35. The molecule has 0 bridgehead atoms. The van der Waals surface area contributed by atoms with Crippen LogP contribution in [0.5, 0.6) is 11.5 Å². The van der Waals surface area contributed by atoms with Gasteiger partial charge in [-0.05, 0) is 42.5 Å². The number of benzene rings is 3. The van der Waals surface area contributed by atoms with E-state index in [1.54, 1.807) is 24.3 Å². The maximum atomic E-state index is 13.4. The number of amides is 1. The molecule has 162 valence electrons. The fourth-order valence-corrected chi connectivity index (χ4v) is 4.17. The SMILES string of the molecule is O=C1OCc2c(NC(=O)c3cc(-c4ccc5c(c4)OCCO5)nc4ccccc34)cccc21. The molecule has 1 amide bonds. The zero-order valence-electron chi connectivity index (χ0n) is 17.5. The number of anilines is 1. The minimum Gasteiger partial charge on any atom is -0.486 e. The predicted octanol–water partition coefficient (Wildman–Crippen LogP) is 4.60. The van der Waals surface area contributed by atoms with Crippen molar-refractivity contribution in [2.24, 2.45) is 0 Å². The molecule has 0 saturated heterocycles. The summed E-state index contributed by atoms with van der Waals surface area (Å²) in [6, 6.07) is 20.1. The summed E-state index contributed by atoms with van der Waals surface area (Å²) in [6.07, 6.45) is 0. The third-order valence-corrected chi connectivity index (χ3v) is 5.79. The molecule has 7 nitrogen and oxygen atoms in total. The van der Waals surface area contributed by atoms with Crippen molar-refractivity contribution in [1.29, 1.82) is 0 Å². The highest BCUT2D eigenvalue weighted by molar-refractivity contribution is 6.13. The number of nitrogens with one attached hydrogen (secondary N) is 1. The van der Waals surface area contributed by atoms with E-state index in [-0.39, 0.29) is 18.5 Å². The maximum absolute atomic E-state index is 13.4. The van der Waals surface area contributed by atoms with Crippen molar-refractivity contribution in [1.82, 2.24) is 4.98 Å². The number of para-hydroxylation sites is 1. The molecular formula is C26H18N2O5. The monoisotopic (exact) mass is 438 g/mol. The van der Waals surface area contributed by atoms with Crippen LogP contribution in [-0.2, 0) is 11.3 Å². The van der Waals surface area contributed by atoms with Gasteiger partial charge in [-0.1, -0.05) is 24.3 Å². The summed E-state index contributed by atoms with van der Waals surface area (Å²) in [4.78, 5) is 30.1. The molecule has 0 aliphatic carbocycles. The Hall–Kier alpha value is -4.39. The number of pyridine rings is 1. The zero-order valence-corrected chi connectivity index (χ0v) is 17.5. The molecule has 0 radical (unpaired) electrons. The lowest BCUT2D eigenvalue weighted by Gasteiger charge is -2.19. The summed E-state index contributed by atoms with van der Waals surface area (Å²) in [5.41, 5.74) is 4.36. The van der Waals surface area contributed by atoms with Crippen LogP contribution in [0.25, 0.3) is 22.2 Å². The first-order valence-electron chi connectivity index (χ1n) is 10.6. The van der Waals surface area contributed by atoms with Gasteiger partial charge in [0.25, 0.3) is 5.91 Å². The second-order valence-corrected chi connectivity index (χ2v) is 7.79. The van der Waals surface area contributed by atoms with Crippen LogP contribution in [0.2, 0.25) is 0 Å². The first-order valence-corrected chi connectivity index (χ1v) is 10.6. The smallest absolute Gasteiger partial charge is 0.338 e. The van der Waals surface area contributed by atoms with Gasteiger partial charge >= 0.3 is 5.97 Å². The number of nitrogens with zero attached hydrogens (tertiary/aromatic N) is 1. The van der Waals surface area contributed by atoms with E-state index in [1.165, 1.54) is 0 Å². The third-order valence-electron chi connectivity index (χ3n) is 5.79. The molecule has 2 aliphatic heterocycles. The van der Waals surface area contributed by atoms with Crippen LogP contribution >= 0.6 is 0 Å². The lowest BCUT2D eigenvalue weighted by molar-refractivity contribution is 0.0535. The zero-order chi connectivity index (χ0) is 22.4. The van der Waals surface area contributed by atoms with E-state index in [4.69, 9.17) is 19.2 Å². The van der Waals surface area contributed by atoms with E-state index < -0.39 is 0 Å². The van der Waals surface area contributed by atoms with Crippen LogP contribution < -0.4 is 14.8 Å². The number of esters is 1. The van der Waals surface area contributed by atoms with Gasteiger partial charge in [-0.2, -0.15) is 0 Å². The fraction of sp³-hybridized carbons (Fsp3) is 0.115. The number of hydrogen-bond acceptors (Lipinski definition) is 6. The highest BCUT2D eigenvalue weighted by Gasteiger charge is 2.25. The maximum Gasteiger partial charge on any atom is 0.338 e. The number of ether oxygens (including phenoxy) is 3. The first-order chi connectivity index (χ1) is 16.2. The molecule has 0 atom stereocenters. The van der Waals surface area contributed by atoms with Crippen LogP contribution in [0.3, 0.4) is 0 Å². The first kappa shape index (κ1) is 19.3. The Labute approximate surface area is 188 Å². The van der Waals surface area contributed by atoms with Gasteiger partial charge < -0.3 is 19.5 Å². The van der Waals surface area contributed by atoms with Crippen LogP contribution in [-0.4, -0.2) is 30.1 Å². The number of aromatic nitrogens is 1. The molecule has 0 saturated carbocycles. The fourth-order valence-electron chi connectivity index (χ4n) is 4.17. The van der Waals surface area contributed by atoms with Crippen LogP contribution in [0.4, 0.5) is 5.69 Å². The normalized spacial score (nSPS) is 14.0. The van der Waals surface area contributed by atoms with Crippen molar-refractivity contribution in [2.45, 2.75) is 6.61 Å². The van der Waals surface area contributed by atoms with Gasteiger partial charge in [0, 0.05) is 22.2 Å².